The molecule has 0 bridgehead atoms. The zero-order valence-corrected chi connectivity index (χ0v) is 21.1. The van der Waals surface area contributed by atoms with Crippen LogP contribution < -0.4 is 4.90 Å². The van der Waals surface area contributed by atoms with Crippen molar-refractivity contribution in [2.45, 2.75) is 45.4 Å². The molecule has 5 nitrogen and oxygen atoms in total. The maximum atomic E-state index is 14.6. The summed E-state index contributed by atoms with van der Waals surface area (Å²) in [5.74, 6) is -2.04. The molecule has 9 heteroatoms. The summed E-state index contributed by atoms with van der Waals surface area (Å²) in [6.07, 6.45) is 1.70. The van der Waals surface area contributed by atoms with Gasteiger partial charge in [0.15, 0.2) is 0 Å². The fourth-order valence-electron chi connectivity index (χ4n) is 3.98. The Morgan fingerprint density at radius 3 is 2.50 bits per heavy atom. The Labute approximate surface area is 195 Å². The summed E-state index contributed by atoms with van der Waals surface area (Å²) in [5, 5.41) is 0. The number of carbonyl (C=O) groups is 1. The first kappa shape index (κ1) is 23.1. The second kappa shape index (κ2) is 8.68. The molecule has 0 saturated carbocycles. The normalized spacial score (nSPS) is 19.0. The van der Waals surface area contributed by atoms with E-state index in [9.17, 15) is 13.6 Å². The van der Waals surface area contributed by atoms with Crippen LogP contribution in [0.3, 0.4) is 0 Å². The van der Waals surface area contributed by atoms with E-state index in [0.717, 1.165) is 11.6 Å². The predicted octanol–water partition coefficient (Wildman–Crippen LogP) is 6.11. The maximum absolute atomic E-state index is 14.6. The minimum absolute atomic E-state index is 0.0956. The molecule has 1 saturated heterocycles. The largest absolute Gasteiger partial charge is 0.361 e. The van der Waals surface area contributed by atoms with Crippen LogP contribution in [0.1, 0.15) is 18.5 Å². The molecule has 1 aromatic heterocycles. The standard InChI is InChI=1S/C23H26BrF2N3O2Si/c1-14-22(21-17(25)9-15(24)10-18(21)26)29(23(14)30)16-5-6-20-19(11-16)27-12-28(20)13-31-7-8-32(2,3)4/h5-6,9-12,14,22H,7-8,13H2,1-4H3/t14-,22?/m1/s1. The number of benzene rings is 2. The Balaban J connectivity index is 1.57. The van der Waals surface area contributed by atoms with Crippen molar-refractivity contribution in [2.24, 2.45) is 5.92 Å². The second-order valence-corrected chi connectivity index (χ2v) is 16.0. The van der Waals surface area contributed by atoms with Crippen molar-refractivity contribution in [2.75, 3.05) is 11.5 Å². The number of hydrogen-bond acceptors (Lipinski definition) is 3. The smallest absolute Gasteiger partial charge is 0.232 e. The van der Waals surface area contributed by atoms with Gasteiger partial charge in [0.1, 0.15) is 18.4 Å². The van der Waals surface area contributed by atoms with E-state index in [1.807, 2.05) is 10.6 Å². The molecule has 170 valence electrons. The zero-order chi connectivity index (χ0) is 23.2. The van der Waals surface area contributed by atoms with Crippen molar-refractivity contribution in [1.82, 2.24) is 9.55 Å². The van der Waals surface area contributed by atoms with Gasteiger partial charge in [-0.05, 0) is 36.4 Å². The van der Waals surface area contributed by atoms with E-state index in [4.69, 9.17) is 4.74 Å². The molecular weight excluding hydrogens is 496 g/mol. The molecule has 0 radical (unpaired) electrons. The van der Waals surface area contributed by atoms with Crippen LogP contribution >= 0.6 is 15.9 Å². The summed E-state index contributed by atoms with van der Waals surface area (Å²) in [7, 11) is -1.15. The van der Waals surface area contributed by atoms with Crippen molar-refractivity contribution >= 4 is 46.6 Å². The van der Waals surface area contributed by atoms with Crippen LogP contribution in [0.5, 0.6) is 0 Å². The number of amides is 1. The van der Waals surface area contributed by atoms with Gasteiger partial charge in [0.25, 0.3) is 0 Å². The van der Waals surface area contributed by atoms with Gasteiger partial charge in [-0.2, -0.15) is 0 Å². The first-order valence-corrected chi connectivity index (χ1v) is 15.1. The number of ether oxygens (including phenoxy) is 1. The molecule has 2 atom stereocenters. The molecule has 2 heterocycles. The maximum Gasteiger partial charge on any atom is 0.232 e. The third-order valence-corrected chi connectivity index (χ3v) is 7.99. The van der Waals surface area contributed by atoms with Gasteiger partial charge >= 0.3 is 0 Å². The van der Waals surface area contributed by atoms with Gasteiger partial charge in [-0.15, -0.1) is 0 Å². The first-order valence-electron chi connectivity index (χ1n) is 10.6. The van der Waals surface area contributed by atoms with Crippen molar-refractivity contribution in [3.8, 4) is 0 Å². The number of fused-ring (bicyclic) bond motifs is 1. The van der Waals surface area contributed by atoms with E-state index >= 15 is 0 Å². The van der Waals surface area contributed by atoms with Gasteiger partial charge in [-0.1, -0.05) is 42.5 Å². The van der Waals surface area contributed by atoms with Crippen LogP contribution in [-0.4, -0.2) is 30.1 Å². The van der Waals surface area contributed by atoms with Crippen LogP contribution in [0.2, 0.25) is 25.7 Å². The highest BCUT2D eigenvalue weighted by Gasteiger charge is 2.48. The molecule has 1 unspecified atom stereocenters. The number of rotatable bonds is 7. The summed E-state index contributed by atoms with van der Waals surface area (Å²) in [5.41, 5.74) is 2.04. The molecule has 0 N–H and O–H groups in total. The van der Waals surface area contributed by atoms with Crippen molar-refractivity contribution in [3.63, 3.8) is 0 Å². The highest BCUT2D eigenvalue weighted by molar-refractivity contribution is 9.10. The summed E-state index contributed by atoms with van der Waals surface area (Å²) in [6, 6.07) is 8.25. The number of anilines is 1. The lowest BCUT2D eigenvalue weighted by Crippen LogP contribution is -2.54. The molecule has 1 amide bonds. The molecule has 0 aliphatic carbocycles. The van der Waals surface area contributed by atoms with E-state index in [1.54, 1.807) is 25.4 Å². The second-order valence-electron chi connectivity index (χ2n) is 9.46. The average molecular weight is 522 g/mol. The molecule has 4 rings (SSSR count). The number of imidazole rings is 1. The monoisotopic (exact) mass is 521 g/mol. The summed E-state index contributed by atoms with van der Waals surface area (Å²) in [6.45, 7) is 9.72. The topological polar surface area (TPSA) is 47.4 Å². The Morgan fingerprint density at radius 2 is 1.84 bits per heavy atom. The Kier molecular flexibility index (Phi) is 6.26. The van der Waals surface area contributed by atoms with Crippen molar-refractivity contribution in [1.29, 1.82) is 0 Å². The third kappa shape index (κ3) is 4.38. The van der Waals surface area contributed by atoms with Crippen LogP contribution in [-0.2, 0) is 16.3 Å². The molecule has 1 fully saturated rings. The third-order valence-electron chi connectivity index (χ3n) is 5.83. The van der Waals surface area contributed by atoms with Gasteiger partial charge in [-0.3, -0.25) is 4.79 Å². The zero-order valence-electron chi connectivity index (χ0n) is 18.5. The number of β-lactam (4-membered cyclic amide) rings is 1. The molecule has 1 aliphatic heterocycles. The average Bonchev–Trinajstić information content (AvgIpc) is 3.11. The SMILES string of the molecule is C[C@H]1C(=O)N(c2ccc3c(c2)ncn3COCC[Si](C)(C)C)C1c1c(F)cc(Br)cc1F. The number of carbonyl (C=O) groups excluding carboxylic acids is 1. The highest BCUT2D eigenvalue weighted by Crippen LogP contribution is 2.45. The van der Waals surface area contributed by atoms with Gasteiger partial charge in [0.2, 0.25) is 5.91 Å². The Hall–Kier alpha value is -2.10. The van der Waals surface area contributed by atoms with E-state index in [0.29, 0.717) is 29.0 Å². The minimum atomic E-state index is -1.15. The van der Waals surface area contributed by atoms with Crippen LogP contribution in [0.25, 0.3) is 11.0 Å². The molecule has 1 aliphatic rings. The molecule has 0 spiro atoms. The number of aromatic nitrogens is 2. The van der Waals surface area contributed by atoms with E-state index < -0.39 is 31.7 Å². The predicted molar refractivity (Wildman–Crippen MR) is 127 cm³/mol. The van der Waals surface area contributed by atoms with Gasteiger partial charge in [-0.25, -0.2) is 13.8 Å². The lowest BCUT2D eigenvalue weighted by Gasteiger charge is -2.46. The van der Waals surface area contributed by atoms with Crippen LogP contribution in [0.4, 0.5) is 14.5 Å². The number of nitrogens with zero attached hydrogens (tertiary/aromatic N) is 3. The highest BCUT2D eigenvalue weighted by atomic mass is 79.9. The van der Waals surface area contributed by atoms with E-state index in [1.165, 1.54) is 17.0 Å². The molecule has 2 aromatic carbocycles. The van der Waals surface area contributed by atoms with Gasteiger partial charge in [0.05, 0.1) is 29.3 Å². The number of halogens is 3. The molecule has 3 aromatic rings. The van der Waals surface area contributed by atoms with E-state index in [-0.39, 0.29) is 11.5 Å². The summed E-state index contributed by atoms with van der Waals surface area (Å²) in [4.78, 5) is 18.5. The first-order chi connectivity index (χ1) is 15.1. The fourth-order valence-corrected chi connectivity index (χ4v) is 5.14. The van der Waals surface area contributed by atoms with Crippen molar-refractivity contribution in [3.05, 3.63) is 58.3 Å². The summed E-state index contributed by atoms with van der Waals surface area (Å²) >= 11 is 3.11. The minimum Gasteiger partial charge on any atom is -0.361 e. The van der Waals surface area contributed by atoms with Crippen LogP contribution in [0, 0.1) is 17.6 Å². The Bertz CT molecular complexity index is 1150. The lowest BCUT2D eigenvalue weighted by atomic mass is 9.82. The lowest BCUT2D eigenvalue weighted by molar-refractivity contribution is -0.129. The van der Waals surface area contributed by atoms with Crippen molar-refractivity contribution < 1.29 is 18.3 Å². The number of hydrogen-bond donors (Lipinski definition) is 0. The fraction of sp³-hybridized carbons (Fsp3) is 0.391. The molecular formula is C23H26BrF2N3O2Si. The molecule has 32 heavy (non-hydrogen) atoms. The summed E-state index contributed by atoms with van der Waals surface area (Å²) < 4.78 is 37.3. The van der Waals surface area contributed by atoms with Gasteiger partial charge in [0, 0.05) is 30.4 Å². The van der Waals surface area contributed by atoms with E-state index in [2.05, 4.69) is 40.6 Å². The van der Waals surface area contributed by atoms with Crippen LogP contribution in [0.15, 0.2) is 41.1 Å². The Morgan fingerprint density at radius 1 is 1.16 bits per heavy atom. The van der Waals surface area contributed by atoms with Gasteiger partial charge < -0.3 is 14.2 Å². The quantitative estimate of drug-likeness (QED) is 0.214.